The molecule has 0 amide bonds. The Hall–Kier alpha value is -3.52. The molecular formula is C28H34F4N4O5S. The Morgan fingerprint density at radius 3 is 2.24 bits per heavy atom. The Morgan fingerprint density at radius 2 is 1.67 bits per heavy atom. The summed E-state index contributed by atoms with van der Waals surface area (Å²) in [4.78, 5) is 13.0. The van der Waals surface area contributed by atoms with Crippen molar-refractivity contribution >= 4 is 21.7 Å². The van der Waals surface area contributed by atoms with Crippen molar-refractivity contribution in [1.82, 2.24) is 15.1 Å². The Bertz CT molecular complexity index is 1350. The molecule has 42 heavy (non-hydrogen) atoms. The Kier molecular flexibility index (Phi) is 12.3. The molecular weight excluding hydrogens is 580 g/mol. The zero-order valence-corrected chi connectivity index (χ0v) is 24.2. The number of rotatable bonds is 12. The number of anilines is 1. The predicted molar refractivity (Wildman–Crippen MR) is 149 cm³/mol. The normalized spacial score (nSPS) is 14.5. The van der Waals surface area contributed by atoms with Crippen LogP contribution in [0.3, 0.4) is 0 Å². The van der Waals surface area contributed by atoms with E-state index in [2.05, 4.69) is 14.9 Å². The van der Waals surface area contributed by atoms with Crippen LogP contribution in [0.5, 0.6) is 0 Å². The third kappa shape index (κ3) is 9.24. The van der Waals surface area contributed by atoms with Gasteiger partial charge in [0.05, 0.1) is 24.6 Å². The van der Waals surface area contributed by atoms with Gasteiger partial charge in [-0.15, -0.1) is 10.2 Å². The van der Waals surface area contributed by atoms with Crippen LogP contribution in [0.1, 0.15) is 44.6 Å². The lowest BCUT2D eigenvalue weighted by Crippen LogP contribution is -2.41. The molecule has 230 valence electrons. The van der Waals surface area contributed by atoms with Crippen LogP contribution in [-0.2, 0) is 26.1 Å². The molecule has 0 radical (unpaired) electrons. The van der Waals surface area contributed by atoms with Gasteiger partial charge < -0.3 is 14.1 Å². The Morgan fingerprint density at radius 1 is 1.02 bits per heavy atom. The SMILES string of the molecule is CC.O=C(OCC1CCN(CCS(=O)(=O)N(Cc2ccc(-c3nnc(C(F)F)o3)cc2)c2ccccc2)CC1)C(F)F. The lowest BCUT2D eigenvalue weighted by molar-refractivity contribution is -0.158. The average Bonchev–Trinajstić information content (AvgIpc) is 3.51. The number of carbonyl (C=O) groups excluding carboxylic acids is 1. The minimum absolute atomic E-state index is 0.0380. The van der Waals surface area contributed by atoms with Crippen molar-refractivity contribution in [3.8, 4) is 11.5 Å². The van der Waals surface area contributed by atoms with Crippen molar-refractivity contribution in [3.05, 3.63) is 66.1 Å². The number of sulfonamides is 1. The zero-order chi connectivity index (χ0) is 30.7. The zero-order valence-electron chi connectivity index (χ0n) is 23.3. The highest BCUT2D eigenvalue weighted by molar-refractivity contribution is 7.92. The molecule has 14 heteroatoms. The van der Waals surface area contributed by atoms with E-state index in [1.54, 1.807) is 54.6 Å². The predicted octanol–water partition coefficient (Wildman–Crippen LogP) is 5.56. The molecule has 1 saturated heterocycles. The number of alkyl halides is 4. The van der Waals surface area contributed by atoms with E-state index in [1.165, 1.54) is 4.31 Å². The van der Waals surface area contributed by atoms with Gasteiger partial charge in [-0.3, -0.25) is 4.31 Å². The summed E-state index contributed by atoms with van der Waals surface area (Å²) in [5.74, 6) is -2.57. The summed E-state index contributed by atoms with van der Waals surface area (Å²) in [5, 5.41) is 6.94. The van der Waals surface area contributed by atoms with E-state index >= 15 is 0 Å². The molecule has 4 rings (SSSR count). The van der Waals surface area contributed by atoms with Gasteiger partial charge in [0.2, 0.25) is 15.9 Å². The number of nitrogens with zero attached hydrogens (tertiary/aromatic N) is 4. The van der Waals surface area contributed by atoms with E-state index in [4.69, 9.17) is 4.42 Å². The van der Waals surface area contributed by atoms with E-state index in [9.17, 15) is 30.8 Å². The number of para-hydroxylation sites is 1. The molecule has 1 fully saturated rings. The van der Waals surface area contributed by atoms with Gasteiger partial charge in [-0.05, 0) is 61.7 Å². The molecule has 0 atom stereocenters. The maximum absolute atomic E-state index is 13.5. The van der Waals surface area contributed by atoms with E-state index < -0.39 is 34.7 Å². The quantitative estimate of drug-likeness (QED) is 0.193. The van der Waals surface area contributed by atoms with E-state index in [-0.39, 0.29) is 37.3 Å². The van der Waals surface area contributed by atoms with Gasteiger partial charge in [-0.25, -0.2) is 13.2 Å². The van der Waals surface area contributed by atoms with Crippen LogP contribution >= 0.6 is 0 Å². The number of hydrogen-bond donors (Lipinski definition) is 0. The summed E-state index contributed by atoms with van der Waals surface area (Å²) in [6, 6.07) is 15.2. The number of aromatic nitrogens is 2. The van der Waals surface area contributed by atoms with Crippen LogP contribution in [0.2, 0.25) is 0 Å². The molecule has 0 aliphatic carbocycles. The number of piperidine rings is 1. The van der Waals surface area contributed by atoms with E-state index in [0.29, 0.717) is 42.7 Å². The summed E-state index contributed by atoms with van der Waals surface area (Å²) in [5.41, 5.74) is 1.57. The van der Waals surface area contributed by atoms with Gasteiger partial charge in [-0.2, -0.15) is 17.6 Å². The minimum Gasteiger partial charge on any atom is -0.461 e. The molecule has 1 aliphatic heterocycles. The van der Waals surface area contributed by atoms with E-state index in [0.717, 1.165) is 0 Å². The van der Waals surface area contributed by atoms with Crippen molar-refractivity contribution in [1.29, 1.82) is 0 Å². The van der Waals surface area contributed by atoms with Gasteiger partial charge in [0.25, 0.3) is 5.89 Å². The molecule has 1 aromatic heterocycles. The molecule has 0 spiro atoms. The van der Waals surface area contributed by atoms with Crippen LogP contribution in [0, 0.1) is 5.92 Å². The number of ether oxygens (including phenoxy) is 1. The van der Waals surface area contributed by atoms with Crippen molar-refractivity contribution in [2.75, 3.05) is 36.3 Å². The second-order valence-electron chi connectivity index (χ2n) is 9.32. The van der Waals surface area contributed by atoms with Crippen LogP contribution in [-0.4, -0.2) is 67.9 Å². The number of likely N-dealkylation sites (tertiary alicyclic amines) is 1. The molecule has 2 aromatic carbocycles. The summed E-state index contributed by atoms with van der Waals surface area (Å²) in [6.07, 6.45) is -4.83. The molecule has 1 aliphatic rings. The number of carbonyl (C=O) groups is 1. The first-order valence-electron chi connectivity index (χ1n) is 13.6. The van der Waals surface area contributed by atoms with Gasteiger partial charge >= 0.3 is 18.8 Å². The second-order valence-corrected chi connectivity index (χ2v) is 11.3. The molecule has 0 N–H and O–H groups in total. The smallest absolute Gasteiger partial charge is 0.373 e. The first-order chi connectivity index (χ1) is 20.1. The lowest BCUT2D eigenvalue weighted by Gasteiger charge is -2.32. The van der Waals surface area contributed by atoms with Gasteiger partial charge in [0.1, 0.15) is 0 Å². The summed E-state index contributed by atoms with van der Waals surface area (Å²) >= 11 is 0. The molecule has 0 saturated carbocycles. The number of benzene rings is 2. The van der Waals surface area contributed by atoms with Crippen molar-refractivity contribution in [2.24, 2.45) is 5.92 Å². The highest BCUT2D eigenvalue weighted by atomic mass is 32.2. The van der Waals surface area contributed by atoms with Gasteiger partial charge in [0, 0.05) is 12.1 Å². The van der Waals surface area contributed by atoms with Crippen molar-refractivity contribution in [3.63, 3.8) is 0 Å². The fourth-order valence-corrected chi connectivity index (χ4v) is 5.79. The average molecular weight is 615 g/mol. The maximum Gasteiger partial charge on any atom is 0.373 e. The number of halogens is 4. The summed E-state index contributed by atoms with van der Waals surface area (Å²) in [6.45, 7) is 5.36. The van der Waals surface area contributed by atoms with Crippen molar-refractivity contribution < 1.29 is 39.9 Å². The van der Waals surface area contributed by atoms with Crippen molar-refractivity contribution in [2.45, 2.75) is 46.1 Å². The maximum atomic E-state index is 13.5. The Labute approximate surface area is 242 Å². The molecule has 3 aromatic rings. The largest absolute Gasteiger partial charge is 0.461 e. The molecule has 9 nitrogen and oxygen atoms in total. The van der Waals surface area contributed by atoms with Crippen LogP contribution in [0.4, 0.5) is 23.2 Å². The first kappa shape index (κ1) is 33.0. The van der Waals surface area contributed by atoms with E-state index in [1.807, 2.05) is 18.7 Å². The topological polar surface area (TPSA) is 106 Å². The fraction of sp³-hybridized carbons (Fsp3) is 0.464. The molecule has 2 heterocycles. The highest BCUT2D eigenvalue weighted by Crippen LogP contribution is 2.26. The number of hydrogen-bond acceptors (Lipinski definition) is 8. The van der Waals surface area contributed by atoms with Gasteiger partial charge in [0.15, 0.2) is 0 Å². The van der Waals surface area contributed by atoms with Crippen LogP contribution < -0.4 is 4.31 Å². The lowest BCUT2D eigenvalue weighted by atomic mass is 9.98. The highest BCUT2D eigenvalue weighted by Gasteiger charge is 2.27. The summed E-state index contributed by atoms with van der Waals surface area (Å²) < 4.78 is 88.1. The monoisotopic (exact) mass is 614 g/mol. The second kappa shape index (κ2) is 15.6. The van der Waals surface area contributed by atoms with Crippen LogP contribution in [0.25, 0.3) is 11.5 Å². The minimum atomic E-state index is -3.77. The van der Waals surface area contributed by atoms with Gasteiger partial charge in [-0.1, -0.05) is 44.2 Å². The molecule has 0 bridgehead atoms. The number of esters is 1. The van der Waals surface area contributed by atoms with Crippen LogP contribution in [0.15, 0.2) is 59.0 Å². The molecule has 0 unspecified atom stereocenters. The first-order valence-corrected chi connectivity index (χ1v) is 15.2. The fourth-order valence-electron chi connectivity index (χ4n) is 4.30. The Balaban J connectivity index is 0.00000237. The third-order valence-corrected chi connectivity index (χ3v) is 8.26. The summed E-state index contributed by atoms with van der Waals surface area (Å²) in [7, 11) is -3.77. The third-order valence-electron chi connectivity index (χ3n) is 6.55. The standard InChI is InChI=1S/C26H28F4N4O5S.C2H6/c27-22(28)25-32-31-24(39-25)20-8-6-18(7-9-20)16-34(21-4-2-1-3-5-21)40(36,37)15-14-33-12-10-19(11-13-33)17-38-26(35)23(29)30;1-2/h1-9,19,22-23H,10-17H2;1-2H3.